The fraction of sp³-hybridized carbons (Fsp3) is 0.300. The molecule has 0 heterocycles. The first-order valence-corrected chi connectivity index (χ1v) is 5.11. The van der Waals surface area contributed by atoms with E-state index in [0.29, 0.717) is 5.56 Å². The SMILES string of the molecule is O=C(Cl)C(Cl)Cc1cccc(C(F)(F)F)c1. The van der Waals surface area contributed by atoms with Crippen LogP contribution < -0.4 is 0 Å². The monoisotopic (exact) mass is 270 g/mol. The van der Waals surface area contributed by atoms with E-state index in [4.69, 9.17) is 23.2 Å². The highest BCUT2D eigenvalue weighted by atomic mass is 35.5. The lowest BCUT2D eigenvalue weighted by molar-refractivity contribution is -0.137. The first kappa shape index (κ1) is 13.3. The molecule has 1 nitrogen and oxygen atoms in total. The van der Waals surface area contributed by atoms with Crippen molar-refractivity contribution in [2.45, 2.75) is 18.0 Å². The Labute approximate surface area is 100 Å². The highest BCUT2D eigenvalue weighted by Gasteiger charge is 2.30. The third-order valence-electron chi connectivity index (χ3n) is 1.92. The number of hydrogen-bond acceptors (Lipinski definition) is 1. The normalized spacial score (nSPS) is 13.6. The van der Waals surface area contributed by atoms with Crippen molar-refractivity contribution in [3.05, 3.63) is 35.4 Å². The lowest BCUT2D eigenvalue weighted by atomic mass is 10.1. The number of alkyl halides is 4. The molecule has 1 atom stereocenters. The highest BCUT2D eigenvalue weighted by molar-refractivity contribution is 6.69. The molecule has 1 rings (SSSR count). The zero-order valence-electron chi connectivity index (χ0n) is 7.89. The molecule has 0 spiro atoms. The van der Waals surface area contributed by atoms with Gasteiger partial charge in [0, 0.05) is 0 Å². The summed E-state index contributed by atoms with van der Waals surface area (Å²) in [6, 6.07) is 4.63. The van der Waals surface area contributed by atoms with E-state index in [1.807, 2.05) is 0 Å². The molecule has 1 unspecified atom stereocenters. The van der Waals surface area contributed by atoms with Gasteiger partial charge in [-0.05, 0) is 29.7 Å². The molecule has 88 valence electrons. The molecule has 0 fully saturated rings. The molecule has 0 amide bonds. The Kier molecular flexibility index (Phi) is 4.21. The molecule has 0 radical (unpaired) electrons. The molecular formula is C10H7Cl2F3O. The summed E-state index contributed by atoms with van der Waals surface area (Å²) in [5.41, 5.74) is -0.445. The van der Waals surface area contributed by atoms with Gasteiger partial charge in [-0.1, -0.05) is 18.2 Å². The van der Waals surface area contributed by atoms with Gasteiger partial charge in [-0.2, -0.15) is 13.2 Å². The zero-order chi connectivity index (χ0) is 12.3. The Morgan fingerprint density at radius 3 is 2.50 bits per heavy atom. The lowest BCUT2D eigenvalue weighted by Gasteiger charge is -2.09. The van der Waals surface area contributed by atoms with Gasteiger partial charge < -0.3 is 0 Å². The minimum atomic E-state index is -4.40. The smallest absolute Gasteiger partial charge is 0.280 e. The third kappa shape index (κ3) is 3.68. The van der Waals surface area contributed by atoms with Crippen molar-refractivity contribution >= 4 is 28.4 Å². The van der Waals surface area contributed by atoms with E-state index in [1.54, 1.807) is 0 Å². The van der Waals surface area contributed by atoms with Gasteiger partial charge in [0.25, 0.3) is 0 Å². The average Bonchev–Trinajstić information content (AvgIpc) is 2.16. The maximum absolute atomic E-state index is 12.3. The van der Waals surface area contributed by atoms with E-state index >= 15 is 0 Å². The molecule has 6 heteroatoms. The van der Waals surface area contributed by atoms with Crippen molar-refractivity contribution in [2.24, 2.45) is 0 Å². The van der Waals surface area contributed by atoms with Crippen LogP contribution in [0, 0.1) is 0 Å². The minimum absolute atomic E-state index is 0.0200. The molecule has 1 aromatic carbocycles. The van der Waals surface area contributed by atoms with Crippen molar-refractivity contribution < 1.29 is 18.0 Å². The summed E-state index contributed by atoms with van der Waals surface area (Å²) in [6.07, 6.45) is -4.42. The van der Waals surface area contributed by atoms with Crippen LogP contribution in [0.15, 0.2) is 24.3 Å². The summed E-state index contributed by atoms with van der Waals surface area (Å²) in [6.45, 7) is 0. The van der Waals surface area contributed by atoms with Crippen LogP contribution in [-0.2, 0) is 17.4 Å². The predicted molar refractivity (Wildman–Crippen MR) is 55.6 cm³/mol. The van der Waals surface area contributed by atoms with Crippen molar-refractivity contribution in [1.29, 1.82) is 0 Å². The van der Waals surface area contributed by atoms with Crippen LogP contribution in [0.3, 0.4) is 0 Å². The number of carbonyl (C=O) groups excluding carboxylic acids is 1. The van der Waals surface area contributed by atoms with Gasteiger partial charge in [0.2, 0.25) is 5.24 Å². The Balaban J connectivity index is 2.87. The van der Waals surface area contributed by atoms with Crippen LogP contribution in [0.1, 0.15) is 11.1 Å². The first-order valence-electron chi connectivity index (χ1n) is 4.30. The number of benzene rings is 1. The third-order valence-corrected chi connectivity index (χ3v) is 2.64. The molecule has 1 aromatic rings. The molecular weight excluding hydrogens is 264 g/mol. The van der Waals surface area contributed by atoms with Crippen LogP contribution in [-0.4, -0.2) is 10.6 Å². The molecule has 0 saturated heterocycles. The van der Waals surface area contributed by atoms with E-state index in [1.165, 1.54) is 12.1 Å². The van der Waals surface area contributed by atoms with E-state index in [9.17, 15) is 18.0 Å². The van der Waals surface area contributed by atoms with Gasteiger partial charge in [0.1, 0.15) is 5.38 Å². The van der Waals surface area contributed by atoms with E-state index in [-0.39, 0.29) is 6.42 Å². The Hall–Kier alpha value is -0.740. The van der Waals surface area contributed by atoms with Crippen LogP contribution >= 0.6 is 23.2 Å². The lowest BCUT2D eigenvalue weighted by Crippen LogP contribution is -2.12. The largest absolute Gasteiger partial charge is 0.416 e. The minimum Gasteiger partial charge on any atom is -0.280 e. The van der Waals surface area contributed by atoms with Gasteiger partial charge in [-0.15, -0.1) is 11.6 Å². The quantitative estimate of drug-likeness (QED) is 0.606. The van der Waals surface area contributed by atoms with Gasteiger partial charge in [0.15, 0.2) is 0 Å². The standard InChI is InChI=1S/C10H7Cl2F3O/c11-8(9(12)16)5-6-2-1-3-7(4-6)10(13,14)15/h1-4,8H,5H2. The number of halogens is 5. The molecule has 16 heavy (non-hydrogen) atoms. The fourth-order valence-electron chi connectivity index (χ4n) is 1.16. The topological polar surface area (TPSA) is 17.1 Å². The van der Waals surface area contributed by atoms with E-state index < -0.39 is 22.4 Å². The zero-order valence-corrected chi connectivity index (χ0v) is 9.40. The van der Waals surface area contributed by atoms with Gasteiger partial charge >= 0.3 is 6.18 Å². The molecule has 0 aliphatic carbocycles. The van der Waals surface area contributed by atoms with Gasteiger partial charge in [-0.3, -0.25) is 4.79 Å². The van der Waals surface area contributed by atoms with Crippen LogP contribution in [0.25, 0.3) is 0 Å². The summed E-state index contributed by atoms with van der Waals surface area (Å²) in [4.78, 5) is 10.6. The van der Waals surface area contributed by atoms with Crippen molar-refractivity contribution in [3.63, 3.8) is 0 Å². The maximum Gasteiger partial charge on any atom is 0.416 e. The summed E-state index contributed by atoms with van der Waals surface area (Å²) in [5, 5.41) is -1.79. The molecule has 0 N–H and O–H groups in total. The Morgan fingerprint density at radius 2 is 2.00 bits per heavy atom. The average molecular weight is 271 g/mol. The summed E-state index contributed by atoms with van der Waals surface area (Å²) in [5.74, 6) is 0. The second-order valence-corrected chi connectivity index (χ2v) is 4.07. The number of hydrogen-bond donors (Lipinski definition) is 0. The van der Waals surface area contributed by atoms with E-state index in [0.717, 1.165) is 12.1 Å². The van der Waals surface area contributed by atoms with Crippen molar-refractivity contribution in [3.8, 4) is 0 Å². The Bertz CT molecular complexity index is 390. The highest BCUT2D eigenvalue weighted by Crippen LogP contribution is 2.29. The van der Waals surface area contributed by atoms with E-state index in [2.05, 4.69) is 0 Å². The van der Waals surface area contributed by atoms with Crippen LogP contribution in [0.5, 0.6) is 0 Å². The molecule has 0 bridgehead atoms. The van der Waals surface area contributed by atoms with Crippen molar-refractivity contribution in [1.82, 2.24) is 0 Å². The number of carbonyl (C=O) groups is 1. The van der Waals surface area contributed by atoms with Crippen LogP contribution in [0.4, 0.5) is 13.2 Å². The first-order chi connectivity index (χ1) is 7.30. The molecule has 0 aromatic heterocycles. The number of rotatable bonds is 3. The second-order valence-electron chi connectivity index (χ2n) is 3.17. The van der Waals surface area contributed by atoms with Gasteiger partial charge in [-0.25, -0.2) is 0 Å². The maximum atomic E-state index is 12.3. The molecule has 0 aliphatic rings. The summed E-state index contributed by atoms with van der Waals surface area (Å²) >= 11 is 10.7. The summed E-state index contributed by atoms with van der Waals surface area (Å²) < 4.78 is 37.0. The van der Waals surface area contributed by atoms with Gasteiger partial charge in [0.05, 0.1) is 5.56 Å². The second kappa shape index (κ2) is 5.06. The van der Waals surface area contributed by atoms with Crippen molar-refractivity contribution in [2.75, 3.05) is 0 Å². The Morgan fingerprint density at radius 1 is 1.38 bits per heavy atom. The molecule has 0 aliphatic heterocycles. The molecule has 0 saturated carbocycles. The fourth-order valence-corrected chi connectivity index (χ4v) is 1.42. The predicted octanol–water partition coefficient (Wildman–Crippen LogP) is 3.62. The van der Waals surface area contributed by atoms with Crippen LogP contribution in [0.2, 0.25) is 0 Å². The summed E-state index contributed by atoms with van der Waals surface area (Å²) in [7, 11) is 0.